The number of fused-ring (bicyclic) bond motifs is 1. The molecule has 156 valence electrons. The summed E-state index contributed by atoms with van der Waals surface area (Å²) < 4.78 is 5.34. The van der Waals surface area contributed by atoms with Crippen LogP contribution in [-0.4, -0.2) is 18.5 Å². The van der Waals surface area contributed by atoms with Crippen LogP contribution in [0.25, 0.3) is 0 Å². The number of ether oxygens (including phenoxy) is 1. The van der Waals surface area contributed by atoms with Crippen molar-refractivity contribution in [2.45, 2.75) is 65.2 Å². The maximum Gasteiger partial charge on any atom is 0.341 e. The van der Waals surface area contributed by atoms with Crippen LogP contribution in [0.4, 0.5) is 5.00 Å². The lowest BCUT2D eigenvalue weighted by Crippen LogP contribution is -2.22. The topological polar surface area (TPSA) is 55.4 Å². The van der Waals surface area contributed by atoms with Crippen molar-refractivity contribution in [1.29, 1.82) is 0 Å². The van der Waals surface area contributed by atoms with E-state index < -0.39 is 0 Å². The van der Waals surface area contributed by atoms with Gasteiger partial charge in [-0.2, -0.15) is 0 Å². The van der Waals surface area contributed by atoms with Crippen molar-refractivity contribution < 1.29 is 14.3 Å². The molecule has 3 rings (SSSR count). The smallest absolute Gasteiger partial charge is 0.341 e. The average Bonchev–Trinajstić information content (AvgIpc) is 3.07. The highest BCUT2D eigenvalue weighted by Gasteiger charge is 2.31. The van der Waals surface area contributed by atoms with Crippen LogP contribution < -0.4 is 5.32 Å². The normalized spacial score (nSPS) is 16.7. The van der Waals surface area contributed by atoms with Gasteiger partial charge in [0, 0.05) is 4.88 Å². The molecule has 1 N–H and O–H groups in total. The minimum atomic E-state index is -0.318. The van der Waals surface area contributed by atoms with E-state index >= 15 is 0 Å². The van der Waals surface area contributed by atoms with Gasteiger partial charge in [-0.15, -0.1) is 11.3 Å². The van der Waals surface area contributed by atoms with Crippen molar-refractivity contribution in [2.24, 2.45) is 5.92 Å². The first-order valence-electron chi connectivity index (χ1n) is 10.8. The zero-order valence-corrected chi connectivity index (χ0v) is 18.4. The van der Waals surface area contributed by atoms with Gasteiger partial charge in [-0.25, -0.2) is 4.79 Å². The summed E-state index contributed by atoms with van der Waals surface area (Å²) in [4.78, 5) is 27.1. The van der Waals surface area contributed by atoms with Gasteiger partial charge < -0.3 is 10.1 Å². The summed E-state index contributed by atoms with van der Waals surface area (Å²) in [6, 6.07) is 9.82. The Labute approximate surface area is 177 Å². The maximum atomic E-state index is 13.1. The molecule has 0 fully saturated rings. The number of nitrogens with one attached hydrogen (secondary N) is 1. The van der Waals surface area contributed by atoms with Crippen LogP contribution in [0.5, 0.6) is 0 Å². The molecule has 1 aromatic heterocycles. The summed E-state index contributed by atoms with van der Waals surface area (Å²) in [6.45, 7) is 6.37. The number of rotatable bonds is 8. The number of hydrogen-bond acceptors (Lipinski definition) is 4. The fraction of sp³-hybridized carbons (Fsp3) is 0.500. The third kappa shape index (κ3) is 4.89. The van der Waals surface area contributed by atoms with Crippen molar-refractivity contribution in [3.63, 3.8) is 0 Å². The molecule has 1 heterocycles. The van der Waals surface area contributed by atoms with Gasteiger partial charge in [-0.1, -0.05) is 57.0 Å². The van der Waals surface area contributed by atoms with Crippen LogP contribution >= 0.6 is 11.3 Å². The number of benzene rings is 1. The lowest BCUT2D eigenvalue weighted by molar-refractivity contribution is -0.117. The van der Waals surface area contributed by atoms with E-state index in [1.165, 1.54) is 17.7 Å². The fourth-order valence-corrected chi connectivity index (χ4v) is 5.63. The van der Waals surface area contributed by atoms with Gasteiger partial charge in [0.05, 0.1) is 18.1 Å². The van der Waals surface area contributed by atoms with E-state index in [0.29, 0.717) is 29.5 Å². The molecular weight excluding hydrogens is 382 g/mol. The van der Waals surface area contributed by atoms with Crippen LogP contribution in [0.1, 0.15) is 78.7 Å². The Morgan fingerprint density at radius 2 is 1.97 bits per heavy atom. The Hall–Kier alpha value is -2.14. The number of amides is 1. The second kappa shape index (κ2) is 10.1. The minimum absolute atomic E-state index is 0.0621. The van der Waals surface area contributed by atoms with Crippen molar-refractivity contribution in [2.75, 3.05) is 11.9 Å². The molecule has 2 aromatic rings. The summed E-state index contributed by atoms with van der Waals surface area (Å²) in [5.41, 5.74) is 2.66. The number of carbonyl (C=O) groups is 2. The first kappa shape index (κ1) is 21.6. The minimum Gasteiger partial charge on any atom is -0.462 e. The van der Waals surface area contributed by atoms with Crippen molar-refractivity contribution >= 4 is 28.2 Å². The van der Waals surface area contributed by atoms with E-state index in [2.05, 4.69) is 12.2 Å². The Bertz CT molecular complexity index is 843. The first-order chi connectivity index (χ1) is 14.1. The Balaban J connectivity index is 1.89. The largest absolute Gasteiger partial charge is 0.462 e. The van der Waals surface area contributed by atoms with Crippen LogP contribution in [0.3, 0.4) is 0 Å². The second-order valence-corrected chi connectivity index (χ2v) is 8.79. The van der Waals surface area contributed by atoms with E-state index in [-0.39, 0.29) is 17.8 Å². The van der Waals surface area contributed by atoms with Gasteiger partial charge in [-0.3, -0.25) is 4.79 Å². The maximum absolute atomic E-state index is 13.1. The third-order valence-corrected chi connectivity index (χ3v) is 6.88. The quantitative estimate of drug-likeness (QED) is 0.543. The molecular formula is C24H31NO3S. The lowest BCUT2D eigenvalue weighted by Gasteiger charge is -2.22. The number of anilines is 1. The highest BCUT2D eigenvalue weighted by atomic mass is 32.1. The zero-order chi connectivity index (χ0) is 20.8. The summed E-state index contributed by atoms with van der Waals surface area (Å²) in [5, 5.41) is 3.74. The number of hydrogen-bond donors (Lipinski definition) is 1. The van der Waals surface area contributed by atoms with Crippen LogP contribution in [0.15, 0.2) is 30.3 Å². The molecule has 0 bridgehead atoms. The van der Waals surface area contributed by atoms with Gasteiger partial charge in [0.25, 0.3) is 0 Å². The van der Waals surface area contributed by atoms with Gasteiger partial charge >= 0.3 is 5.97 Å². The summed E-state index contributed by atoms with van der Waals surface area (Å²) >= 11 is 1.56. The van der Waals surface area contributed by atoms with Gasteiger partial charge in [0.2, 0.25) is 5.91 Å². The molecule has 5 heteroatoms. The fourth-order valence-electron chi connectivity index (χ4n) is 4.27. The van der Waals surface area contributed by atoms with E-state index in [4.69, 9.17) is 4.74 Å². The molecule has 0 aliphatic heterocycles. The third-order valence-electron chi connectivity index (χ3n) is 5.71. The Kier molecular flexibility index (Phi) is 7.48. The SMILES string of the molecule is CCCC1CCc2c(sc(NC(=O)C(CC)c3ccccc3)c2C(=O)OCC)C1. The highest BCUT2D eigenvalue weighted by molar-refractivity contribution is 7.17. The predicted octanol–water partition coefficient (Wildman–Crippen LogP) is 5.96. The predicted molar refractivity (Wildman–Crippen MR) is 119 cm³/mol. The monoisotopic (exact) mass is 413 g/mol. The molecule has 1 amide bonds. The molecule has 0 spiro atoms. The van der Waals surface area contributed by atoms with E-state index in [1.54, 1.807) is 11.3 Å². The van der Waals surface area contributed by atoms with Crippen molar-refractivity contribution in [1.82, 2.24) is 0 Å². The lowest BCUT2D eigenvalue weighted by atomic mass is 9.84. The van der Waals surface area contributed by atoms with Crippen molar-refractivity contribution in [3.8, 4) is 0 Å². The molecule has 0 saturated carbocycles. The van der Waals surface area contributed by atoms with Gasteiger partial charge in [-0.05, 0) is 49.7 Å². The second-order valence-electron chi connectivity index (χ2n) is 7.69. The van der Waals surface area contributed by atoms with Gasteiger partial charge in [0.15, 0.2) is 0 Å². The molecule has 29 heavy (non-hydrogen) atoms. The van der Waals surface area contributed by atoms with Crippen LogP contribution in [0, 0.1) is 5.92 Å². The Morgan fingerprint density at radius 3 is 2.62 bits per heavy atom. The molecule has 1 aliphatic rings. The van der Waals surface area contributed by atoms with Crippen molar-refractivity contribution in [3.05, 3.63) is 51.9 Å². The van der Waals surface area contributed by atoms with E-state index in [9.17, 15) is 9.59 Å². The number of esters is 1. The molecule has 4 nitrogen and oxygen atoms in total. The highest BCUT2D eigenvalue weighted by Crippen LogP contribution is 2.41. The summed E-state index contributed by atoms with van der Waals surface area (Å²) in [7, 11) is 0. The average molecular weight is 414 g/mol. The molecule has 2 atom stereocenters. The Morgan fingerprint density at radius 1 is 1.21 bits per heavy atom. The zero-order valence-electron chi connectivity index (χ0n) is 17.6. The van der Waals surface area contributed by atoms with Crippen LogP contribution in [0.2, 0.25) is 0 Å². The summed E-state index contributed by atoms with van der Waals surface area (Å²) in [5.74, 6) is 0.0469. The molecule has 0 saturated heterocycles. The number of thiophene rings is 1. The standard InChI is InChI=1S/C24H31NO3S/c1-4-10-16-13-14-19-20(15-16)29-23(21(19)24(27)28-6-3)25-22(26)18(5-2)17-11-8-7-9-12-17/h7-9,11-12,16,18H,4-6,10,13-15H2,1-3H3,(H,25,26). The molecule has 1 aliphatic carbocycles. The van der Waals surface area contributed by atoms with Gasteiger partial charge in [0.1, 0.15) is 5.00 Å². The van der Waals surface area contributed by atoms with E-state index in [0.717, 1.165) is 30.4 Å². The first-order valence-corrected chi connectivity index (χ1v) is 11.6. The summed E-state index contributed by atoms with van der Waals surface area (Å²) in [6.07, 6.45) is 6.06. The van der Waals surface area contributed by atoms with E-state index in [1.807, 2.05) is 44.2 Å². The van der Waals surface area contributed by atoms with Crippen LogP contribution in [-0.2, 0) is 22.4 Å². The molecule has 0 radical (unpaired) electrons. The molecule has 1 aromatic carbocycles. The number of carbonyl (C=O) groups excluding carboxylic acids is 2. The molecule has 2 unspecified atom stereocenters.